The van der Waals surface area contributed by atoms with Crippen molar-refractivity contribution in [3.63, 3.8) is 0 Å². The van der Waals surface area contributed by atoms with Gasteiger partial charge in [0.25, 0.3) is 5.56 Å². The summed E-state index contributed by atoms with van der Waals surface area (Å²) < 4.78 is 11.2. The van der Waals surface area contributed by atoms with E-state index in [0.717, 1.165) is 4.57 Å². The van der Waals surface area contributed by atoms with Crippen LogP contribution in [0.2, 0.25) is 0 Å². The van der Waals surface area contributed by atoms with Gasteiger partial charge in [0.15, 0.2) is 0 Å². The first kappa shape index (κ1) is 18.6. The minimum atomic E-state index is -2.06. The standard InChI is InChI=1S/C19H20N2O6/c1-4-26-17(24)19(18(25)27-5-2)10-13(11(3)22)15-20-14-9-7-6-8-12(14)16(23)21(15)19/h6-9,22H,4-5,10H2,1-3H3/b13-11-. The molecular weight excluding hydrogens is 352 g/mol. The van der Waals surface area contributed by atoms with Crippen LogP contribution in [-0.2, 0) is 24.6 Å². The van der Waals surface area contributed by atoms with Crippen molar-refractivity contribution in [2.45, 2.75) is 32.7 Å². The molecule has 2 aromatic rings. The van der Waals surface area contributed by atoms with E-state index in [1.165, 1.54) is 6.92 Å². The first-order valence-corrected chi connectivity index (χ1v) is 8.64. The van der Waals surface area contributed by atoms with Crippen molar-refractivity contribution in [3.8, 4) is 0 Å². The van der Waals surface area contributed by atoms with Gasteiger partial charge < -0.3 is 14.6 Å². The molecule has 142 valence electrons. The molecule has 0 spiro atoms. The van der Waals surface area contributed by atoms with Crippen LogP contribution in [0.5, 0.6) is 0 Å². The lowest BCUT2D eigenvalue weighted by molar-refractivity contribution is -0.169. The van der Waals surface area contributed by atoms with Gasteiger partial charge in [0.1, 0.15) is 5.82 Å². The Bertz CT molecular complexity index is 999. The van der Waals surface area contributed by atoms with Crippen molar-refractivity contribution < 1.29 is 24.2 Å². The van der Waals surface area contributed by atoms with Crippen LogP contribution in [0.25, 0.3) is 16.5 Å². The molecule has 0 unspecified atom stereocenters. The summed E-state index contributed by atoms with van der Waals surface area (Å²) in [5.74, 6) is -1.92. The van der Waals surface area contributed by atoms with Gasteiger partial charge in [-0.2, -0.15) is 0 Å². The number of ether oxygens (including phenoxy) is 2. The highest BCUT2D eigenvalue weighted by Crippen LogP contribution is 2.41. The van der Waals surface area contributed by atoms with Crippen LogP contribution in [-0.4, -0.2) is 39.8 Å². The largest absolute Gasteiger partial charge is 0.512 e. The molecule has 0 radical (unpaired) electrons. The molecular formula is C19H20N2O6. The number of aliphatic hydroxyl groups excluding tert-OH is 1. The Morgan fingerprint density at radius 2 is 1.78 bits per heavy atom. The normalized spacial score (nSPS) is 16.7. The number of aromatic nitrogens is 2. The van der Waals surface area contributed by atoms with Gasteiger partial charge in [0, 0.05) is 12.0 Å². The predicted molar refractivity (Wildman–Crippen MR) is 97.1 cm³/mol. The molecule has 0 amide bonds. The first-order valence-electron chi connectivity index (χ1n) is 8.64. The molecule has 0 bridgehead atoms. The van der Waals surface area contributed by atoms with E-state index in [0.29, 0.717) is 5.52 Å². The van der Waals surface area contributed by atoms with Crippen molar-refractivity contribution in [3.05, 3.63) is 46.2 Å². The number of aliphatic hydroxyl groups is 1. The van der Waals surface area contributed by atoms with Crippen LogP contribution in [0.4, 0.5) is 0 Å². The second-order valence-electron chi connectivity index (χ2n) is 6.14. The Kier molecular flexibility index (Phi) is 4.73. The van der Waals surface area contributed by atoms with E-state index in [1.807, 2.05) is 0 Å². The topological polar surface area (TPSA) is 108 Å². The molecule has 1 aliphatic heterocycles. The number of benzene rings is 1. The molecule has 8 nitrogen and oxygen atoms in total. The minimum absolute atomic E-state index is 0.0161. The number of carbonyl (C=O) groups excluding carboxylic acids is 2. The highest BCUT2D eigenvalue weighted by atomic mass is 16.6. The second-order valence-corrected chi connectivity index (χ2v) is 6.14. The fourth-order valence-corrected chi connectivity index (χ4v) is 3.30. The van der Waals surface area contributed by atoms with Gasteiger partial charge in [0.2, 0.25) is 5.54 Å². The summed E-state index contributed by atoms with van der Waals surface area (Å²) in [5.41, 5.74) is -2.02. The molecule has 0 fully saturated rings. The van der Waals surface area contributed by atoms with Gasteiger partial charge in [-0.3, -0.25) is 9.36 Å². The third-order valence-corrected chi connectivity index (χ3v) is 4.52. The van der Waals surface area contributed by atoms with Crippen LogP contribution in [0.15, 0.2) is 34.8 Å². The molecule has 0 saturated heterocycles. The summed E-state index contributed by atoms with van der Waals surface area (Å²) in [4.78, 5) is 43.4. The summed E-state index contributed by atoms with van der Waals surface area (Å²) in [6.45, 7) is 4.64. The Morgan fingerprint density at radius 1 is 1.19 bits per heavy atom. The predicted octanol–water partition coefficient (Wildman–Crippen LogP) is 1.91. The van der Waals surface area contributed by atoms with Crippen LogP contribution in [0.3, 0.4) is 0 Å². The van der Waals surface area contributed by atoms with Gasteiger partial charge in [-0.15, -0.1) is 0 Å². The van der Waals surface area contributed by atoms with E-state index in [2.05, 4.69) is 4.98 Å². The SMILES string of the molecule is CCOC(=O)C1(C(=O)OCC)C/C(=C(\C)O)c2nc3ccccc3c(=O)n21. The summed E-state index contributed by atoms with van der Waals surface area (Å²) >= 11 is 0. The summed E-state index contributed by atoms with van der Waals surface area (Å²) in [6.07, 6.45) is -0.272. The highest BCUT2D eigenvalue weighted by Gasteiger charge is 2.58. The van der Waals surface area contributed by atoms with E-state index >= 15 is 0 Å². The minimum Gasteiger partial charge on any atom is -0.512 e. The Morgan fingerprint density at radius 3 is 2.33 bits per heavy atom. The van der Waals surface area contributed by atoms with Crippen molar-refractivity contribution in [1.29, 1.82) is 0 Å². The maximum atomic E-state index is 13.2. The fraction of sp³-hybridized carbons (Fsp3) is 0.368. The molecule has 8 heteroatoms. The van der Waals surface area contributed by atoms with Gasteiger partial charge in [-0.1, -0.05) is 12.1 Å². The zero-order valence-corrected chi connectivity index (χ0v) is 15.3. The lowest BCUT2D eigenvalue weighted by Gasteiger charge is -2.26. The van der Waals surface area contributed by atoms with Crippen LogP contribution in [0, 0.1) is 0 Å². The Hall–Kier alpha value is -3.16. The van der Waals surface area contributed by atoms with E-state index in [1.54, 1.807) is 38.1 Å². The number of rotatable bonds is 4. The van der Waals surface area contributed by atoms with Crippen molar-refractivity contribution >= 4 is 28.4 Å². The lowest BCUT2D eigenvalue weighted by Crippen LogP contribution is -2.53. The zero-order chi connectivity index (χ0) is 19.8. The van der Waals surface area contributed by atoms with E-state index < -0.39 is 23.0 Å². The molecule has 0 aliphatic carbocycles. The third kappa shape index (κ3) is 2.68. The van der Waals surface area contributed by atoms with Crippen molar-refractivity contribution in [1.82, 2.24) is 9.55 Å². The number of hydrogen-bond acceptors (Lipinski definition) is 7. The Labute approximate surface area is 155 Å². The molecule has 1 aromatic carbocycles. The maximum absolute atomic E-state index is 13.2. The average molecular weight is 372 g/mol. The number of fused-ring (bicyclic) bond motifs is 2. The quantitative estimate of drug-likeness (QED) is 0.496. The third-order valence-electron chi connectivity index (χ3n) is 4.52. The number of hydrogen-bond donors (Lipinski definition) is 1. The Balaban J connectivity index is 2.44. The second kappa shape index (κ2) is 6.86. The number of nitrogens with zero attached hydrogens (tertiary/aromatic N) is 2. The molecule has 1 aliphatic rings. The highest BCUT2D eigenvalue weighted by molar-refractivity contribution is 6.06. The van der Waals surface area contributed by atoms with Gasteiger partial charge in [-0.05, 0) is 32.9 Å². The number of allylic oxidation sites excluding steroid dienone is 2. The summed E-state index contributed by atoms with van der Waals surface area (Å²) in [5, 5.41) is 10.4. The van der Waals surface area contributed by atoms with Gasteiger partial charge >= 0.3 is 11.9 Å². The maximum Gasteiger partial charge on any atom is 0.344 e. The van der Waals surface area contributed by atoms with Crippen molar-refractivity contribution in [2.24, 2.45) is 0 Å². The van der Waals surface area contributed by atoms with Gasteiger partial charge in [-0.25, -0.2) is 14.6 Å². The number of carbonyl (C=O) groups is 2. The average Bonchev–Trinajstić information content (AvgIpc) is 2.99. The van der Waals surface area contributed by atoms with E-state index in [-0.39, 0.29) is 42.2 Å². The molecule has 27 heavy (non-hydrogen) atoms. The smallest absolute Gasteiger partial charge is 0.344 e. The fourth-order valence-electron chi connectivity index (χ4n) is 3.30. The lowest BCUT2D eigenvalue weighted by atomic mass is 9.94. The zero-order valence-electron chi connectivity index (χ0n) is 15.3. The number of esters is 2. The number of para-hydroxylation sites is 1. The van der Waals surface area contributed by atoms with Crippen LogP contribution >= 0.6 is 0 Å². The molecule has 1 N–H and O–H groups in total. The molecule has 3 rings (SSSR count). The van der Waals surface area contributed by atoms with E-state index in [4.69, 9.17) is 9.47 Å². The monoisotopic (exact) mass is 372 g/mol. The van der Waals surface area contributed by atoms with Crippen LogP contribution in [0.1, 0.15) is 33.0 Å². The molecule has 0 atom stereocenters. The van der Waals surface area contributed by atoms with Crippen LogP contribution < -0.4 is 5.56 Å². The summed E-state index contributed by atoms with van der Waals surface area (Å²) in [6, 6.07) is 6.60. The molecule has 0 saturated carbocycles. The summed E-state index contributed by atoms with van der Waals surface area (Å²) in [7, 11) is 0. The van der Waals surface area contributed by atoms with Gasteiger partial charge in [0.05, 0.1) is 29.9 Å². The molecule has 1 aromatic heterocycles. The first-order chi connectivity index (χ1) is 12.9. The molecule has 2 heterocycles. The van der Waals surface area contributed by atoms with Crippen molar-refractivity contribution in [2.75, 3.05) is 13.2 Å². The van der Waals surface area contributed by atoms with E-state index in [9.17, 15) is 19.5 Å².